The molecule has 1 N–H and O–H groups in total. The highest BCUT2D eigenvalue weighted by molar-refractivity contribution is 5.05. The molecule has 0 amide bonds. The molecule has 2 bridgehead atoms. The van der Waals surface area contributed by atoms with Crippen LogP contribution < -0.4 is 5.32 Å². The topological polar surface area (TPSA) is 21.3 Å². The maximum atomic E-state index is 5.79. The van der Waals surface area contributed by atoms with Crippen molar-refractivity contribution >= 4 is 0 Å². The molecule has 3 saturated carbocycles. The quantitative estimate of drug-likeness (QED) is 0.810. The lowest BCUT2D eigenvalue weighted by Gasteiger charge is -2.35. The highest BCUT2D eigenvalue weighted by Crippen LogP contribution is 2.58. The predicted octanol–water partition coefficient (Wildman–Crippen LogP) is 3.22. The molecule has 0 heterocycles. The molecule has 0 aromatic carbocycles. The maximum Gasteiger partial charge on any atom is 0.0750 e. The van der Waals surface area contributed by atoms with E-state index in [4.69, 9.17) is 4.74 Å². The van der Waals surface area contributed by atoms with Crippen molar-refractivity contribution in [3.63, 3.8) is 0 Å². The van der Waals surface area contributed by atoms with E-state index in [9.17, 15) is 0 Å². The molecule has 0 aromatic rings. The van der Waals surface area contributed by atoms with Crippen molar-refractivity contribution in [3.8, 4) is 0 Å². The molecule has 0 spiro atoms. The zero-order valence-electron chi connectivity index (χ0n) is 12.2. The standard InChI is InChI=1S/C16H29NO/c1-4-18-16(2,3)10-17-15-9-11-8-14(15)13-7-5-6-12(11)13/h11-15,17H,4-10H2,1-3H3. The summed E-state index contributed by atoms with van der Waals surface area (Å²) in [7, 11) is 0. The Kier molecular flexibility index (Phi) is 3.44. The number of ether oxygens (including phenoxy) is 1. The number of hydrogen-bond acceptors (Lipinski definition) is 2. The van der Waals surface area contributed by atoms with Crippen LogP contribution in [0.25, 0.3) is 0 Å². The molecule has 104 valence electrons. The number of fused-ring (bicyclic) bond motifs is 5. The summed E-state index contributed by atoms with van der Waals surface area (Å²) >= 11 is 0. The van der Waals surface area contributed by atoms with Gasteiger partial charge in [-0.3, -0.25) is 0 Å². The highest BCUT2D eigenvalue weighted by atomic mass is 16.5. The van der Waals surface area contributed by atoms with Crippen molar-refractivity contribution in [3.05, 3.63) is 0 Å². The number of rotatable bonds is 5. The van der Waals surface area contributed by atoms with E-state index in [1.807, 2.05) is 0 Å². The second-order valence-electron chi connectivity index (χ2n) is 7.33. The first kappa shape index (κ1) is 12.9. The fraction of sp³-hybridized carbons (Fsp3) is 1.00. The van der Waals surface area contributed by atoms with Gasteiger partial charge in [-0.2, -0.15) is 0 Å². The van der Waals surface area contributed by atoms with Crippen LogP contribution in [0, 0.1) is 23.7 Å². The maximum absolute atomic E-state index is 5.79. The first-order valence-electron chi connectivity index (χ1n) is 7.98. The monoisotopic (exact) mass is 251 g/mol. The summed E-state index contributed by atoms with van der Waals surface area (Å²) in [4.78, 5) is 0. The molecule has 5 unspecified atom stereocenters. The minimum atomic E-state index is -0.00827. The third kappa shape index (κ3) is 2.22. The van der Waals surface area contributed by atoms with Crippen LogP contribution in [0.4, 0.5) is 0 Å². The molecule has 2 nitrogen and oxygen atoms in total. The van der Waals surface area contributed by atoms with Gasteiger partial charge in [-0.1, -0.05) is 6.42 Å². The molecule has 3 aliphatic rings. The zero-order chi connectivity index (χ0) is 12.8. The summed E-state index contributed by atoms with van der Waals surface area (Å²) in [5, 5.41) is 3.83. The van der Waals surface area contributed by atoms with Gasteiger partial charge < -0.3 is 10.1 Å². The summed E-state index contributed by atoms with van der Waals surface area (Å²) in [5.41, 5.74) is -0.00827. The van der Waals surface area contributed by atoms with Crippen molar-refractivity contribution < 1.29 is 4.74 Å². The van der Waals surface area contributed by atoms with E-state index in [1.165, 1.54) is 32.1 Å². The SMILES string of the molecule is CCOC(C)(C)CNC1CC2CC1C1CCCC21. The summed E-state index contributed by atoms with van der Waals surface area (Å²) in [5.74, 6) is 4.21. The Morgan fingerprint density at radius 1 is 1.11 bits per heavy atom. The Labute approximate surface area is 112 Å². The van der Waals surface area contributed by atoms with Crippen LogP contribution in [0.5, 0.6) is 0 Å². The van der Waals surface area contributed by atoms with Crippen LogP contribution in [-0.2, 0) is 4.74 Å². The van der Waals surface area contributed by atoms with Crippen LogP contribution in [0.1, 0.15) is 52.9 Å². The molecular weight excluding hydrogens is 222 g/mol. The van der Waals surface area contributed by atoms with Gasteiger partial charge in [-0.05, 0) is 70.1 Å². The Morgan fingerprint density at radius 3 is 2.67 bits per heavy atom. The van der Waals surface area contributed by atoms with Gasteiger partial charge in [-0.15, -0.1) is 0 Å². The van der Waals surface area contributed by atoms with Crippen molar-refractivity contribution in [1.29, 1.82) is 0 Å². The molecular formula is C16H29NO. The molecule has 0 aliphatic heterocycles. The van der Waals surface area contributed by atoms with Crippen molar-refractivity contribution in [2.75, 3.05) is 13.2 Å². The first-order chi connectivity index (χ1) is 8.61. The van der Waals surface area contributed by atoms with Gasteiger partial charge in [0.1, 0.15) is 0 Å². The average molecular weight is 251 g/mol. The van der Waals surface area contributed by atoms with Crippen LogP contribution in [0.3, 0.4) is 0 Å². The lowest BCUT2D eigenvalue weighted by molar-refractivity contribution is -0.0128. The van der Waals surface area contributed by atoms with Gasteiger partial charge in [-0.25, -0.2) is 0 Å². The van der Waals surface area contributed by atoms with Crippen LogP contribution in [0.2, 0.25) is 0 Å². The molecule has 3 aliphatic carbocycles. The van der Waals surface area contributed by atoms with E-state index in [1.54, 1.807) is 0 Å². The number of hydrogen-bond donors (Lipinski definition) is 1. The summed E-state index contributed by atoms with van der Waals surface area (Å²) in [6.07, 6.45) is 7.50. The Balaban J connectivity index is 1.53. The molecule has 2 heteroatoms. The van der Waals surface area contributed by atoms with E-state index in [0.717, 1.165) is 42.9 Å². The van der Waals surface area contributed by atoms with Crippen molar-refractivity contribution in [2.24, 2.45) is 23.7 Å². The second-order valence-corrected chi connectivity index (χ2v) is 7.33. The highest BCUT2D eigenvalue weighted by Gasteiger charge is 2.53. The molecule has 0 saturated heterocycles. The lowest BCUT2D eigenvalue weighted by atomic mass is 9.79. The van der Waals surface area contributed by atoms with E-state index in [2.05, 4.69) is 26.1 Å². The first-order valence-corrected chi connectivity index (χ1v) is 7.98. The molecule has 3 fully saturated rings. The van der Waals surface area contributed by atoms with E-state index < -0.39 is 0 Å². The fourth-order valence-corrected chi connectivity index (χ4v) is 5.12. The average Bonchev–Trinajstić information content (AvgIpc) is 2.98. The Morgan fingerprint density at radius 2 is 1.89 bits per heavy atom. The largest absolute Gasteiger partial charge is 0.375 e. The zero-order valence-corrected chi connectivity index (χ0v) is 12.2. The molecule has 3 rings (SSSR count). The van der Waals surface area contributed by atoms with Gasteiger partial charge in [0.25, 0.3) is 0 Å². The Hall–Kier alpha value is -0.0800. The molecule has 0 radical (unpaired) electrons. The molecule has 18 heavy (non-hydrogen) atoms. The van der Waals surface area contributed by atoms with E-state index >= 15 is 0 Å². The van der Waals surface area contributed by atoms with Crippen LogP contribution >= 0.6 is 0 Å². The van der Waals surface area contributed by atoms with Crippen molar-refractivity contribution in [1.82, 2.24) is 5.32 Å². The van der Waals surface area contributed by atoms with Crippen LogP contribution in [0.15, 0.2) is 0 Å². The fourth-order valence-electron chi connectivity index (χ4n) is 5.12. The summed E-state index contributed by atoms with van der Waals surface area (Å²) in [6, 6.07) is 0.786. The minimum Gasteiger partial charge on any atom is -0.375 e. The van der Waals surface area contributed by atoms with Gasteiger partial charge in [0.05, 0.1) is 5.60 Å². The van der Waals surface area contributed by atoms with Crippen LogP contribution in [-0.4, -0.2) is 24.8 Å². The van der Waals surface area contributed by atoms with Gasteiger partial charge in [0.2, 0.25) is 0 Å². The molecule has 0 aromatic heterocycles. The summed E-state index contributed by atoms with van der Waals surface area (Å²) in [6.45, 7) is 8.31. The van der Waals surface area contributed by atoms with Gasteiger partial charge in [0, 0.05) is 19.2 Å². The third-order valence-electron chi connectivity index (χ3n) is 5.75. The summed E-state index contributed by atoms with van der Waals surface area (Å²) < 4.78 is 5.79. The van der Waals surface area contributed by atoms with E-state index in [-0.39, 0.29) is 5.60 Å². The van der Waals surface area contributed by atoms with Gasteiger partial charge >= 0.3 is 0 Å². The van der Waals surface area contributed by atoms with Gasteiger partial charge in [0.15, 0.2) is 0 Å². The van der Waals surface area contributed by atoms with E-state index in [0.29, 0.717) is 0 Å². The predicted molar refractivity (Wildman–Crippen MR) is 74.5 cm³/mol. The Bertz CT molecular complexity index is 301. The van der Waals surface area contributed by atoms with Crippen molar-refractivity contribution in [2.45, 2.75) is 64.5 Å². The normalized spacial score (nSPS) is 42.5. The lowest BCUT2D eigenvalue weighted by Crippen LogP contribution is -2.46. The number of nitrogens with one attached hydrogen (secondary N) is 1. The second kappa shape index (κ2) is 4.79. The minimum absolute atomic E-state index is 0.00827. The third-order valence-corrected chi connectivity index (χ3v) is 5.75. The smallest absolute Gasteiger partial charge is 0.0750 e. The molecule has 5 atom stereocenters.